The lowest BCUT2D eigenvalue weighted by molar-refractivity contribution is -0.141. The van der Waals surface area contributed by atoms with Crippen LogP contribution in [-0.4, -0.2) is 52.3 Å². The third-order valence-electron chi connectivity index (χ3n) is 5.21. The van der Waals surface area contributed by atoms with Crippen molar-refractivity contribution >= 4 is 11.9 Å². The van der Waals surface area contributed by atoms with Gasteiger partial charge in [-0.25, -0.2) is 0 Å². The summed E-state index contributed by atoms with van der Waals surface area (Å²) in [5.74, 6) is -0.975. The van der Waals surface area contributed by atoms with Gasteiger partial charge in [-0.2, -0.15) is 0 Å². The topological polar surface area (TPSA) is 71.8 Å². The summed E-state index contributed by atoms with van der Waals surface area (Å²) in [6.45, 7) is 7.25. The summed E-state index contributed by atoms with van der Waals surface area (Å²) >= 11 is 0. The lowest BCUT2D eigenvalue weighted by Gasteiger charge is -2.32. The lowest BCUT2D eigenvalue weighted by Crippen LogP contribution is -2.46. The van der Waals surface area contributed by atoms with Gasteiger partial charge in [0.25, 0.3) is 5.91 Å². The zero-order chi connectivity index (χ0) is 19.6. The fourth-order valence-electron chi connectivity index (χ4n) is 3.86. The Morgan fingerprint density at radius 3 is 2.63 bits per heavy atom. The van der Waals surface area contributed by atoms with Crippen molar-refractivity contribution in [2.45, 2.75) is 39.3 Å². The fourth-order valence-corrected chi connectivity index (χ4v) is 3.86. The molecule has 1 fully saturated rings. The first-order chi connectivity index (χ1) is 12.9. The van der Waals surface area contributed by atoms with Gasteiger partial charge in [0, 0.05) is 24.5 Å². The first kappa shape index (κ1) is 19.2. The molecule has 0 saturated carbocycles. The summed E-state index contributed by atoms with van der Waals surface area (Å²) in [4.78, 5) is 25.7. The highest BCUT2D eigenvalue weighted by Crippen LogP contribution is 2.26. The minimum atomic E-state index is -0.913. The molecule has 6 heteroatoms. The second kappa shape index (κ2) is 7.96. The normalized spacial score (nSPS) is 18.3. The van der Waals surface area contributed by atoms with Crippen LogP contribution in [0.2, 0.25) is 0 Å². The second-order valence-electron chi connectivity index (χ2n) is 7.08. The molecule has 0 aliphatic carbocycles. The highest BCUT2D eigenvalue weighted by Gasteiger charge is 2.29. The van der Waals surface area contributed by atoms with Crippen LogP contribution in [0.25, 0.3) is 0 Å². The van der Waals surface area contributed by atoms with Crippen LogP contribution in [0.4, 0.5) is 0 Å². The third kappa shape index (κ3) is 4.06. The predicted octanol–water partition coefficient (Wildman–Crippen LogP) is 3.03. The van der Waals surface area contributed by atoms with Crippen LogP contribution in [-0.2, 0) is 9.53 Å². The summed E-state index contributed by atoms with van der Waals surface area (Å²) in [6.07, 6.45) is -0.541. The smallest absolute Gasteiger partial charge is 0.306 e. The molecule has 1 aliphatic rings. The highest BCUT2D eigenvalue weighted by molar-refractivity contribution is 5.96. The number of carboxylic acid groups (broad SMARTS) is 1. The average Bonchev–Trinajstić information content (AvgIpc) is 2.95. The van der Waals surface area contributed by atoms with E-state index in [0.717, 1.165) is 11.4 Å². The van der Waals surface area contributed by atoms with Gasteiger partial charge in [-0.3, -0.25) is 9.59 Å². The van der Waals surface area contributed by atoms with Crippen molar-refractivity contribution in [3.63, 3.8) is 0 Å². The molecule has 1 aromatic heterocycles. The maximum Gasteiger partial charge on any atom is 0.306 e. The number of ether oxygens (including phenoxy) is 1. The minimum Gasteiger partial charge on any atom is -0.481 e. The Labute approximate surface area is 159 Å². The molecule has 2 heterocycles. The van der Waals surface area contributed by atoms with E-state index in [1.807, 2.05) is 38.1 Å². The van der Waals surface area contributed by atoms with Crippen LogP contribution in [0.1, 0.15) is 46.7 Å². The van der Waals surface area contributed by atoms with Crippen LogP contribution in [0.3, 0.4) is 0 Å². The molecule has 1 aromatic carbocycles. The monoisotopic (exact) mass is 370 g/mol. The Hall–Kier alpha value is -2.60. The number of aryl methyl sites for hydroxylation is 1. The molecule has 0 spiro atoms. The number of aromatic nitrogens is 1. The van der Waals surface area contributed by atoms with Crippen LogP contribution in [0.5, 0.6) is 0 Å². The lowest BCUT2D eigenvalue weighted by atomic mass is 10.1. The Morgan fingerprint density at radius 1 is 1.26 bits per heavy atom. The number of benzene rings is 1. The Bertz CT molecular complexity index is 828. The zero-order valence-electron chi connectivity index (χ0n) is 16.0. The molecule has 2 atom stereocenters. The number of morpholine rings is 1. The summed E-state index contributed by atoms with van der Waals surface area (Å²) < 4.78 is 7.66. The van der Waals surface area contributed by atoms with Crippen molar-refractivity contribution in [2.24, 2.45) is 0 Å². The van der Waals surface area contributed by atoms with E-state index in [1.54, 1.807) is 4.90 Å². The van der Waals surface area contributed by atoms with E-state index < -0.39 is 12.1 Å². The van der Waals surface area contributed by atoms with Crippen molar-refractivity contribution in [3.8, 4) is 0 Å². The largest absolute Gasteiger partial charge is 0.481 e. The van der Waals surface area contributed by atoms with E-state index in [-0.39, 0.29) is 18.4 Å². The molecule has 27 heavy (non-hydrogen) atoms. The number of nitrogens with zero attached hydrogens (tertiary/aromatic N) is 2. The molecule has 2 aromatic rings. The van der Waals surface area contributed by atoms with Gasteiger partial charge < -0.3 is 19.3 Å². The second-order valence-corrected chi connectivity index (χ2v) is 7.08. The molecule has 0 radical (unpaired) electrons. The van der Waals surface area contributed by atoms with Gasteiger partial charge in [-0.15, -0.1) is 0 Å². The van der Waals surface area contributed by atoms with Crippen LogP contribution >= 0.6 is 0 Å². The number of hydrogen-bond acceptors (Lipinski definition) is 3. The van der Waals surface area contributed by atoms with Gasteiger partial charge in [0.05, 0.1) is 30.7 Å². The number of amides is 1. The molecule has 0 bridgehead atoms. The van der Waals surface area contributed by atoms with Gasteiger partial charge in [0.1, 0.15) is 0 Å². The summed E-state index contributed by atoms with van der Waals surface area (Å²) in [5.41, 5.74) is 3.81. The number of carbonyl (C=O) groups excluding carboxylic acids is 1. The van der Waals surface area contributed by atoms with Crippen LogP contribution in [0.15, 0.2) is 36.4 Å². The van der Waals surface area contributed by atoms with Crippen molar-refractivity contribution in [3.05, 3.63) is 58.9 Å². The van der Waals surface area contributed by atoms with Gasteiger partial charge in [-0.05, 0) is 32.4 Å². The molecule has 1 aliphatic heterocycles. The van der Waals surface area contributed by atoms with Crippen molar-refractivity contribution in [1.82, 2.24) is 9.47 Å². The highest BCUT2D eigenvalue weighted by atomic mass is 16.5. The molecule has 144 valence electrons. The Balaban J connectivity index is 1.83. The van der Waals surface area contributed by atoms with Crippen molar-refractivity contribution < 1.29 is 19.4 Å². The SMILES string of the molecule is Cc1cc(C(=O)N2CCOC(CC(=O)O)C2)c(C)n1C(C)c1ccccc1. The molecular weight excluding hydrogens is 344 g/mol. The summed E-state index contributed by atoms with van der Waals surface area (Å²) in [5, 5.41) is 8.97. The van der Waals surface area contributed by atoms with Gasteiger partial charge in [0.15, 0.2) is 0 Å². The third-order valence-corrected chi connectivity index (χ3v) is 5.21. The molecular formula is C21H26N2O4. The molecule has 3 rings (SSSR count). The van der Waals surface area contributed by atoms with E-state index in [0.29, 0.717) is 25.3 Å². The first-order valence-electron chi connectivity index (χ1n) is 9.24. The molecule has 1 amide bonds. The molecule has 6 nitrogen and oxygen atoms in total. The predicted molar refractivity (Wildman–Crippen MR) is 102 cm³/mol. The number of hydrogen-bond donors (Lipinski definition) is 1. The maximum atomic E-state index is 13.1. The standard InChI is InChI=1S/C21H26N2O4/c1-14-11-19(16(3)23(14)15(2)17-7-5-4-6-8-17)21(26)22-9-10-27-18(13-22)12-20(24)25/h4-8,11,15,18H,9-10,12-13H2,1-3H3,(H,24,25). The van der Waals surface area contributed by atoms with E-state index in [9.17, 15) is 9.59 Å². The first-order valence-corrected chi connectivity index (χ1v) is 9.24. The molecule has 1 N–H and O–H groups in total. The van der Waals surface area contributed by atoms with Crippen molar-refractivity contribution in [1.29, 1.82) is 0 Å². The quantitative estimate of drug-likeness (QED) is 0.878. The number of rotatable bonds is 5. The number of carbonyl (C=O) groups is 2. The Morgan fingerprint density at radius 2 is 1.96 bits per heavy atom. The maximum absolute atomic E-state index is 13.1. The molecule has 2 unspecified atom stereocenters. The number of aliphatic carboxylic acids is 1. The van der Waals surface area contributed by atoms with Gasteiger partial charge in [-0.1, -0.05) is 30.3 Å². The van der Waals surface area contributed by atoms with Crippen molar-refractivity contribution in [2.75, 3.05) is 19.7 Å². The van der Waals surface area contributed by atoms with Crippen LogP contribution < -0.4 is 0 Å². The zero-order valence-corrected chi connectivity index (χ0v) is 16.0. The van der Waals surface area contributed by atoms with Gasteiger partial charge >= 0.3 is 5.97 Å². The molecule has 1 saturated heterocycles. The minimum absolute atomic E-state index is 0.0618. The van der Waals surface area contributed by atoms with E-state index in [1.165, 1.54) is 5.56 Å². The van der Waals surface area contributed by atoms with Gasteiger partial charge in [0.2, 0.25) is 0 Å². The fraction of sp³-hybridized carbons (Fsp3) is 0.429. The summed E-state index contributed by atoms with van der Waals surface area (Å²) in [7, 11) is 0. The van der Waals surface area contributed by atoms with Crippen LogP contribution in [0, 0.1) is 13.8 Å². The average molecular weight is 370 g/mol. The van der Waals surface area contributed by atoms with E-state index in [2.05, 4.69) is 23.6 Å². The van der Waals surface area contributed by atoms with E-state index >= 15 is 0 Å². The Kier molecular flexibility index (Phi) is 5.65. The number of carboxylic acids is 1. The summed E-state index contributed by atoms with van der Waals surface area (Å²) in [6, 6.07) is 12.3. The van der Waals surface area contributed by atoms with E-state index in [4.69, 9.17) is 9.84 Å².